The monoisotopic (exact) mass is 704 g/mol. The molecule has 0 aromatic heterocycles. The predicted octanol–water partition coefficient (Wildman–Crippen LogP) is 11.4. The fourth-order valence-corrected chi connectivity index (χ4v) is 8.97. The molecule has 5 heteroatoms. The van der Waals surface area contributed by atoms with Gasteiger partial charge in [-0.15, -0.1) is 0 Å². The lowest BCUT2D eigenvalue weighted by Gasteiger charge is -2.34. The fraction of sp³-hybridized carbons (Fsp3) is 0.478. The van der Waals surface area contributed by atoms with Crippen LogP contribution in [0.5, 0.6) is 23.0 Å². The van der Waals surface area contributed by atoms with E-state index >= 15 is 0 Å². The molecule has 0 spiro atoms. The fourth-order valence-electron chi connectivity index (χ4n) is 7.42. The molecule has 272 valence electrons. The molecule has 2 N–H and O–H groups in total. The van der Waals surface area contributed by atoms with Crippen molar-refractivity contribution in [3.63, 3.8) is 0 Å². The molecule has 0 saturated carbocycles. The second kappa shape index (κ2) is 12.2. The van der Waals surface area contributed by atoms with Crippen molar-refractivity contribution in [3.8, 4) is 23.0 Å². The Hall–Kier alpha value is -3.70. The number of phenols is 2. The zero-order valence-corrected chi connectivity index (χ0v) is 34.7. The van der Waals surface area contributed by atoms with Gasteiger partial charge in [0.2, 0.25) is 0 Å². The summed E-state index contributed by atoms with van der Waals surface area (Å²) in [4.78, 5) is 0. The van der Waals surface area contributed by atoms with Crippen LogP contribution >= 0.6 is 0 Å². The highest BCUT2D eigenvalue weighted by atomic mass is 28.4. The summed E-state index contributed by atoms with van der Waals surface area (Å²) in [6, 6.07) is 17.9. The Morgan fingerprint density at radius 3 is 0.784 bits per heavy atom. The Labute approximate surface area is 308 Å². The van der Waals surface area contributed by atoms with Crippen LogP contribution in [0.2, 0.25) is 13.1 Å². The van der Waals surface area contributed by atoms with E-state index in [0.29, 0.717) is 37.2 Å². The molecule has 0 radical (unpaired) electrons. The first kappa shape index (κ1) is 37.1. The van der Waals surface area contributed by atoms with Crippen molar-refractivity contribution in [1.29, 1.82) is 0 Å². The summed E-state index contributed by atoms with van der Waals surface area (Å²) in [5.41, 5.74) is 12.0. The Morgan fingerprint density at radius 2 is 0.588 bits per heavy atom. The first-order chi connectivity index (χ1) is 23.3. The van der Waals surface area contributed by atoms with E-state index in [0.717, 1.165) is 56.0 Å². The molecule has 0 atom stereocenters. The molecule has 2 aliphatic heterocycles. The van der Waals surface area contributed by atoms with Crippen molar-refractivity contribution in [3.05, 3.63) is 115 Å². The first-order valence-electron chi connectivity index (χ1n) is 18.7. The van der Waals surface area contributed by atoms with Crippen molar-refractivity contribution in [1.82, 2.24) is 0 Å². The minimum Gasteiger partial charge on any atom is -0.512 e. The zero-order chi connectivity index (χ0) is 37.6. The third kappa shape index (κ3) is 7.47. The van der Waals surface area contributed by atoms with Gasteiger partial charge in [-0.05, 0) is 88.4 Å². The second-order valence-electron chi connectivity index (χ2n) is 19.8. The summed E-state index contributed by atoms with van der Waals surface area (Å²) in [6.07, 6.45) is 2.05. The highest BCUT2D eigenvalue weighted by Gasteiger charge is 2.36. The molecule has 0 saturated heterocycles. The van der Waals surface area contributed by atoms with E-state index in [2.05, 4.69) is 145 Å². The van der Waals surface area contributed by atoms with Gasteiger partial charge in [0.25, 0.3) is 0 Å². The van der Waals surface area contributed by atoms with Gasteiger partial charge in [-0.3, -0.25) is 0 Å². The molecular weight excluding hydrogens is 645 g/mol. The summed E-state index contributed by atoms with van der Waals surface area (Å²) >= 11 is 0. The highest BCUT2D eigenvalue weighted by Crippen LogP contribution is 2.45. The first-order valence-corrected chi connectivity index (χ1v) is 21.5. The van der Waals surface area contributed by atoms with Crippen molar-refractivity contribution >= 4 is 8.56 Å². The normalized spacial score (nSPS) is 16.0. The standard InChI is InChI=1S/C46H60O4Si/c1-43(2,3)35-19-27-15-31-23-37(45(7,8)9)25-33-17-29-21-36(44(4,5)6)22-30(40(29)48)18-34-26-38(46(10,11)12)24-32(16-28(20-35)39(27)47)42(34)50-51(13,14)49-41(31)33/h19-26,47-48H,15-18H2,1-14H3. The zero-order valence-electron chi connectivity index (χ0n) is 33.7. The maximum atomic E-state index is 12.2. The number of rotatable bonds is 0. The van der Waals surface area contributed by atoms with Gasteiger partial charge >= 0.3 is 8.56 Å². The average Bonchev–Trinajstić information content (AvgIpc) is 2.96. The van der Waals surface area contributed by atoms with Crippen molar-refractivity contribution < 1.29 is 19.1 Å². The summed E-state index contributed by atoms with van der Waals surface area (Å²) in [6.45, 7) is 31.2. The number of benzene rings is 4. The molecule has 2 heterocycles. The molecule has 4 aromatic carbocycles. The molecule has 0 fully saturated rings. The number of aromatic hydroxyl groups is 2. The lowest BCUT2D eigenvalue weighted by Crippen LogP contribution is -2.43. The van der Waals surface area contributed by atoms with E-state index in [4.69, 9.17) is 8.85 Å². The second-order valence-corrected chi connectivity index (χ2v) is 23.1. The Bertz CT molecular complexity index is 1780. The van der Waals surface area contributed by atoms with Crippen LogP contribution in [0.4, 0.5) is 0 Å². The van der Waals surface area contributed by atoms with Gasteiger partial charge in [0.05, 0.1) is 0 Å². The number of fused-ring (bicyclic) bond motifs is 6. The lowest BCUT2D eigenvalue weighted by molar-refractivity contribution is 0.388. The van der Waals surface area contributed by atoms with Gasteiger partial charge in [-0.25, -0.2) is 0 Å². The minimum absolute atomic E-state index is 0.121. The molecular formula is C46H60O4Si. The topological polar surface area (TPSA) is 58.9 Å². The van der Waals surface area contributed by atoms with Crippen molar-refractivity contribution in [2.75, 3.05) is 0 Å². The highest BCUT2D eigenvalue weighted by molar-refractivity contribution is 6.66. The minimum atomic E-state index is -2.90. The average molecular weight is 705 g/mol. The van der Waals surface area contributed by atoms with Crippen LogP contribution in [0.1, 0.15) is 150 Å². The Morgan fingerprint density at radius 1 is 0.392 bits per heavy atom. The largest absolute Gasteiger partial charge is 0.512 e. The predicted molar refractivity (Wildman–Crippen MR) is 214 cm³/mol. The summed E-state index contributed by atoms with van der Waals surface area (Å²) in [5.74, 6) is 2.29. The van der Waals surface area contributed by atoms with Crippen LogP contribution in [0, 0.1) is 0 Å². The smallest absolute Gasteiger partial charge is 0.454 e. The SMILES string of the molecule is CC(C)(C)c1cc2c(O)c(c1)Cc1cc(C(C)(C)C)cc3c1O[Si](C)(C)Oc1c(cc(C(C)(C)C)cc1Cc1cc(C(C)(C)C)cc(c1O)C3)C2. The Balaban J connectivity index is 1.80. The summed E-state index contributed by atoms with van der Waals surface area (Å²) in [7, 11) is -2.90. The lowest BCUT2D eigenvalue weighted by atomic mass is 9.79. The number of phenolic OH excluding ortho intramolecular Hbond substituents is 2. The van der Waals surface area contributed by atoms with E-state index in [1.165, 1.54) is 22.3 Å². The van der Waals surface area contributed by atoms with Gasteiger partial charge in [0.15, 0.2) is 0 Å². The molecule has 4 nitrogen and oxygen atoms in total. The molecule has 6 bridgehead atoms. The maximum absolute atomic E-state index is 12.2. The van der Waals surface area contributed by atoms with E-state index < -0.39 is 8.56 Å². The molecule has 0 amide bonds. The number of hydrogen-bond donors (Lipinski definition) is 2. The van der Waals surface area contributed by atoms with Gasteiger partial charge in [0, 0.05) is 38.8 Å². The van der Waals surface area contributed by atoms with Crippen molar-refractivity contribution in [2.45, 2.75) is 144 Å². The molecule has 2 aliphatic rings. The molecule has 6 rings (SSSR count). The van der Waals surface area contributed by atoms with Crippen LogP contribution in [0.25, 0.3) is 0 Å². The van der Waals surface area contributed by atoms with E-state index in [9.17, 15) is 10.2 Å². The van der Waals surface area contributed by atoms with Crippen molar-refractivity contribution in [2.24, 2.45) is 0 Å². The van der Waals surface area contributed by atoms with E-state index in [1.54, 1.807) is 0 Å². The summed E-state index contributed by atoms with van der Waals surface area (Å²) in [5, 5.41) is 24.4. The molecule has 0 aliphatic carbocycles. The molecule has 4 aromatic rings. The third-order valence-corrected chi connectivity index (χ3v) is 12.1. The maximum Gasteiger partial charge on any atom is 0.454 e. The molecule has 0 unspecified atom stereocenters. The van der Waals surface area contributed by atoms with Gasteiger partial charge in [0.1, 0.15) is 23.0 Å². The van der Waals surface area contributed by atoms with Gasteiger partial charge < -0.3 is 19.1 Å². The van der Waals surface area contributed by atoms with Gasteiger partial charge in [-0.2, -0.15) is 0 Å². The van der Waals surface area contributed by atoms with Crippen LogP contribution in [-0.4, -0.2) is 18.8 Å². The van der Waals surface area contributed by atoms with E-state index in [1.807, 2.05) is 0 Å². The van der Waals surface area contributed by atoms with Crippen LogP contribution in [0.15, 0.2) is 48.5 Å². The van der Waals surface area contributed by atoms with E-state index in [-0.39, 0.29) is 21.7 Å². The third-order valence-electron chi connectivity index (χ3n) is 10.7. The number of hydrogen-bond acceptors (Lipinski definition) is 4. The van der Waals surface area contributed by atoms with Crippen LogP contribution < -0.4 is 8.85 Å². The van der Waals surface area contributed by atoms with Crippen LogP contribution in [0.3, 0.4) is 0 Å². The summed E-state index contributed by atoms with van der Waals surface area (Å²) < 4.78 is 14.5. The quantitative estimate of drug-likeness (QED) is 0.158. The van der Waals surface area contributed by atoms with Gasteiger partial charge in [-0.1, -0.05) is 132 Å². The Kier molecular flexibility index (Phi) is 8.86. The molecule has 51 heavy (non-hydrogen) atoms. The van der Waals surface area contributed by atoms with Crippen LogP contribution in [-0.2, 0) is 47.3 Å².